The van der Waals surface area contributed by atoms with Gasteiger partial charge in [-0.05, 0) is 49.3 Å². The van der Waals surface area contributed by atoms with Crippen LogP contribution in [0.3, 0.4) is 0 Å². The second kappa shape index (κ2) is 10.4. The summed E-state index contributed by atoms with van der Waals surface area (Å²) < 4.78 is 5.15. The highest BCUT2D eigenvalue weighted by Gasteiger charge is 2.20. The number of hydrogen-bond donors (Lipinski definition) is 1. The van der Waals surface area contributed by atoms with E-state index in [2.05, 4.69) is 20.2 Å². The van der Waals surface area contributed by atoms with Crippen LogP contribution in [0.1, 0.15) is 24.0 Å². The van der Waals surface area contributed by atoms with Crippen molar-refractivity contribution in [3.05, 3.63) is 47.8 Å². The third-order valence-corrected chi connectivity index (χ3v) is 5.56. The molecule has 1 aromatic heterocycles. The standard InChI is InChI=1S/C21H28N4O2S/c1-27-19-7-5-16(6-8-19)10-20(26)22-11-17-4-3-9-25(14-17)15-18-12-23-21(28-2)24-13-18/h5-8,12-13,17H,3-4,9-11,14-15H2,1-2H3,(H,22,26). The van der Waals surface area contributed by atoms with E-state index in [0.717, 1.165) is 61.1 Å². The lowest BCUT2D eigenvalue weighted by atomic mass is 9.97. The summed E-state index contributed by atoms with van der Waals surface area (Å²) in [5.41, 5.74) is 2.14. The van der Waals surface area contributed by atoms with E-state index in [-0.39, 0.29) is 5.91 Å². The fourth-order valence-electron chi connectivity index (χ4n) is 3.50. The third-order valence-electron chi connectivity index (χ3n) is 4.99. The molecule has 1 saturated heterocycles. The summed E-state index contributed by atoms with van der Waals surface area (Å²) in [7, 11) is 1.64. The molecular formula is C21H28N4O2S. The van der Waals surface area contributed by atoms with Crippen LogP contribution in [0.25, 0.3) is 0 Å². The minimum atomic E-state index is 0.0725. The number of aromatic nitrogens is 2. The highest BCUT2D eigenvalue weighted by Crippen LogP contribution is 2.18. The molecule has 7 heteroatoms. The highest BCUT2D eigenvalue weighted by molar-refractivity contribution is 7.98. The summed E-state index contributed by atoms with van der Waals surface area (Å²) in [6, 6.07) is 7.64. The fourth-order valence-corrected chi connectivity index (χ4v) is 3.82. The number of piperidine rings is 1. The van der Waals surface area contributed by atoms with Gasteiger partial charge in [0.2, 0.25) is 5.91 Å². The Kier molecular flexibility index (Phi) is 7.68. The largest absolute Gasteiger partial charge is 0.497 e. The first-order valence-corrected chi connectivity index (χ1v) is 10.9. The fraction of sp³-hybridized carbons (Fsp3) is 0.476. The number of rotatable bonds is 8. The van der Waals surface area contributed by atoms with E-state index in [1.54, 1.807) is 18.9 Å². The molecular weight excluding hydrogens is 372 g/mol. The number of carbonyl (C=O) groups is 1. The average molecular weight is 401 g/mol. The van der Waals surface area contributed by atoms with Gasteiger partial charge in [0, 0.05) is 37.6 Å². The summed E-state index contributed by atoms with van der Waals surface area (Å²) in [5.74, 6) is 1.36. The van der Waals surface area contributed by atoms with E-state index in [1.165, 1.54) is 0 Å². The average Bonchev–Trinajstić information content (AvgIpc) is 2.74. The lowest BCUT2D eigenvalue weighted by Crippen LogP contribution is -2.40. The number of likely N-dealkylation sites (tertiary alicyclic amines) is 1. The topological polar surface area (TPSA) is 67.3 Å². The summed E-state index contributed by atoms with van der Waals surface area (Å²) in [6.07, 6.45) is 8.52. The van der Waals surface area contributed by atoms with E-state index in [9.17, 15) is 4.79 Å². The van der Waals surface area contributed by atoms with Crippen LogP contribution >= 0.6 is 11.8 Å². The predicted octanol–water partition coefficient (Wildman–Crippen LogP) is 2.78. The molecule has 28 heavy (non-hydrogen) atoms. The van der Waals surface area contributed by atoms with Gasteiger partial charge in [0.15, 0.2) is 5.16 Å². The molecule has 2 heterocycles. The Morgan fingerprint density at radius 3 is 2.68 bits per heavy atom. The number of nitrogens with one attached hydrogen (secondary N) is 1. The molecule has 1 N–H and O–H groups in total. The van der Waals surface area contributed by atoms with Gasteiger partial charge < -0.3 is 10.1 Å². The number of carbonyl (C=O) groups excluding carboxylic acids is 1. The second-order valence-electron chi connectivity index (χ2n) is 7.15. The minimum absolute atomic E-state index is 0.0725. The Hall–Kier alpha value is -2.12. The summed E-state index contributed by atoms with van der Waals surface area (Å²) in [5, 5.41) is 3.91. The minimum Gasteiger partial charge on any atom is -0.497 e. The predicted molar refractivity (Wildman–Crippen MR) is 112 cm³/mol. The van der Waals surface area contributed by atoms with E-state index < -0.39 is 0 Å². The molecule has 0 aliphatic carbocycles. The van der Waals surface area contributed by atoms with Crippen LogP contribution in [0.5, 0.6) is 5.75 Å². The van der Waals surface area contributed by atoms with Gasteiger partial charge in [-0.15, -0.1) is 0 Å². The molecule has 1 aliphatic rings. The van der Waals surface area contributed by atoms with E-state index in [4.69, 9.17) is 4.74 Å². The molecule has 1 amide bonds. The molecule has 1 unspecified atom stereocenters. The Bertz CT molecular complexity index is 752. The molecule has 1 aliphatic heterocycles. The van der Waals surface area contributed by atoms with Gasteiger partial charge in [-0.2, -0.15) is 0 Å². The van der Waals surface area contributed by atoms with Crippen molar-refractivity contribution in [2.24, 2.45) is 5.92 Å². The molecule has 3 rings (SSSR count). The first kappa shape index (κ1) is 20.6. The monoisotopic (exact) mass is 400 g/mol. The molecule has 1 aromatic carbocycles. The molecule has 150 valence electrons. The van der Waals surface area contributed by atoms with Crippen LogP contribution < -0.4 is 10.1 Å². The Labute approximate surface area is 171 Å². The van der Waals surface area contributed by atoms with Crippen molar-refractivity contribution in [1.82, 2.24) is 20.2 Å². The first-order valence-electron chi connectivity index (χ1n) is 9.63. The van der Waals surface area contributed by atoms with Crippen molar-refractivity contribution in [1.29, 1.82) is 0 Å². The van der Waals surface area contributed by atoms with Gasteiger partial charge in [-0.3, -0.25) is 9.69 Å². The van der Waals surface area contributed by atoms with Gasteiger partial charge >= 0.3 is 0 Å². The summed E-state index contributed by atoms with van der Waals surface area (Å²) in [6.45, 7) is 3.67. The van der Waals surface area contributed by atoms with Gasteiger partial charge in [-0.1, -0.05) is 23.9 Å². The van der Waals surface area contributed by atoms with E-state index >= 15 is 0 Å². The number of hydrogen-bond acceptors (Lipinski definition) is 6. The molecule has 2 aromatic rings. The Morgan fingerprint density at radius 2 is 2.00 bits per heavy atom. The van der Waals surface area contributed by atoms with Crippen LogP contribution in [0.4, 0.5) is 0 Å². The van der Waals surface area contributed by atoms with Crippen molar-refractivity contribution in [3.63, 3.8) is 0 Å². The molecule has 0 spiro atoms. The lowest BCUT2D eigenvalue weighted by molar-refractivity contribution is -0.120. The van der Waals surface area contributed by atoms with E-state index in [0.29, 0.717) is 12.3 Å². The van der Waals surface area contributed by atoms with Crippen LogP contribution in [0, 0.1) is 5.92 Å². The molecule has 0 radical (unpaired) electrons. The first-order chi connectivity index (χ1) is 13.7. The molecule has 6 nitrogen and oxygen atoms in total. The normalized spacial score (nSPS) is 17.3. The van der Waals surface area contributed by atoms with Crippen molar-refractivity contribution >= 4 is 17.7 Å². The number of benzene rings is 1. The summed E-state index contributed by atoms with van der Waals surface area (Å²) in [4.78, 5) is 23.4. The maximum atomic E-state index is 12.3. The van der Waals surface area contributed by atoms with Gasteiger partial charge in [-0.25, -0.2) is 9.97 Å². The van der Waals surface area contributed by atoms with Crippen LogP contribution in [0.2, 0.25) is 0 Å². The SMILES string of the molecule is COc1ccc(CC(=O)NCC2CCCN(Cc3cnc(SC)nc3)C2)cc1. The van der Waals surface area contributed by atoms with E-state index in [1.807, 2.05) is 42.9 Å². The number of thioether (sulfide) groups is 1. The van der Waals surface area contributed by atoms with Crippen LogP contribution in [0.15, 0.2) is 41.8 Å². The number of methoxy groups -OCH3 is 1. The van der Waals surface area contributed by atoms with Crippen LogP contribution in [-0.4, -0.2) is 53.8 Å². The third kappa shape index (κ3) is 6.21. The van der Waals surface area contributed by atoms with Crippen molar-refractivity contribution in [2.75, 3.05) is 33.0 Å². The highest BCUT2D eigenvalue weighted by atomic mass is 32.2. The summed E-state index contributed by atoms with van der Waals surface area (Å²) >= 11 is 1.55. The van der Waals surface area contributed by atoms with Crippen molar-refractivity contribution in [2.45, 2.75) is 31.0 Å². The Balaban J connectivity index is 1.42. The molecule has 1 fully saturated rings. The zero-order valence-corrected chi connectivity index (χ0v) is 17.4. The van der Waals surface area contributed by atoms with Gasteiger partial charge in [0.05, 0.1) is 13.5 Å². The van der Waals surface area contributed by atoms with Crippen molar-refractivity contribution in [3.8, 4) is 5.75 Å². The molecule has 0 saturated carbocycles. The van der Waals surface area contributed by atoms with Crippen molar-refractivity contribution < 1.29 is 9.53 Å². The van der Waals surface area contributed by atoms with Gasteiger partial charge in [0.1, 0.15) is 5.75 Å². The Morgan fingerprint density at radius 1 is 1.25 bits per heavy atom. The lowest BCUT2D eigenvalue weighted by Gasteiger charge is -2.32. The smallest absolute Gasteiger partial charge is 0.224 e. The molecule has 1 atom stereocenters. The number of amides is 1. The maximum absolute atomic E-state index is 12.3. The van der Waals surface area contributed by atoms with Crippen LogP contribution in [-0.2, 0) is 17.8 Å². The zero-order valence-electron chi connectivity index (χ0n) is 16.6. The zero-order chi connectivity index (χ0) is 19.8. The number of nitrogens with zero attached hydrogens (tertiary/aromatic N) is 3. The second-order valence-corrected chi connectivity index (χ2v) is 7.92. The number of ether oxygens (including phenoxy) is 1. The van der Waals surface area contributed by atoms with Gasteiger partial charge in [0.25, 0.3) is 0 Å². The maximum Gasteiger partial charge on any atom is 0.224 e. The molecule has 0 bridgehead atoms. The quantitative estimate of drug-likeness (QED) is 0.543.